The molecule has 2 N–H and O–H groups in total. The molecule has 0 spiro atoms. The summed E-state index contributed by atoms with van der Waals surface area (Å²) in [4.78, 5) is 27.8. The summed E-state index contributed by atoms with van der Waals surface area (Å²) < 4.78 is 0. The van der Waals surface area contributed by atoms with Gasteiger partial charge in [-0.15, -0.1) is 0 Å². The molecule has 114 valence electrons. The summed E-state index contributed by atoms with van der Waals surface area (Å²) in [7, 11) is 0. The smallest absolute Gasteiger partial charge is 0.233 e. The monoisotopic (exact) mass is 297 g/mol. The zero-order valence-corrected chi connectivity index (χ0v) is 12.7. The maximum absolute atomic E-state index is 11.9. The molecule has 1 heterocycles. The Morgan fingerprint density at radius 1 is 1.09 bits per heavy atom. The first-order chi connectivity index (χ1) is 10.5. The Morgan fingerprint density at radius 3 is 2.64 bits per heavy atom. The van der Waals surface area contributed by atoms with E-state index in [1.54, 1.807) is 6.20 Å². The lowest BCUT2D eigenvalue weighted by Gasteiger charge is -2.09. The summed E-state index contributed by atoms with van der Waals surface area (Å²) in [5.74, 6) is -0.652. The van der Waals surface area contributed by atoms with Crippen molar-refractivity contribution in [2.24, 2.45) is 0 Å². The number of aromatic nitrogens is 1. The quantitative estimate of drug-likeness (QED) is 0.832. The van der Waals surface area contributed by atoms with Crippen LogP contribution in [0.4, 0.5) is 5.69 Å². The molecule has 0 saturated carbocycles. The summed E-state index contributed by atoms with van der Waals surface area (Å²) >= 11 is 0. The van der Waals surface area contributed by atoms with Crippen LogP contribution in [0.3, 0.4) is 0 Å². The topological polar surface area (TPSA) is 71.1 Å². The minimum Gasteiger partial charge on any atom is -0.350 e. The SMILES string of the molecule is Cc1ccc(C)c(NC(=O)CC(=O)NCc2ccccn2)c1. The van der Waals surface area contributed by atoms with Gasteiger partial charge >= 0.3 is 0 Å². The summed E-state index contributed by atoms with van der Waals surface area (Å²) in [6.45, 7) is 4.18. The van der Waals surface area contributed by atoms with Crippen LogP contribution in [-0.4, -0.2) is 16.8 Å². The second-order valence-electron chi connectivity index (χ2n) is 5.14. The van der Waals surface area contributed by atoms with Crippen molar-refractivity contribution in [1.29, 1.82) is 0 Å². The van der Waals surface area contributed by atoms with Crippen LogP contribution < -0.4 is 10.6 Å². The van der Waals surface area contributed by atoms with E-state index in [9.17, 15) is 9.59 Å². The lowest BCUT2D eigenvalue weighted by molar-refractivity contribution is -0.126. The molecule has 0 aliphatic rings. The number of hydrogen-bond acceptors (Lipinski definition) is 3. The Kier molecular flexibility index (Phi) is 5.25. The van der Waals surface area contributed by atoms with E-state index >= 15 is 0 Å². The van der Waals surface area contributed by atoms with E-state index in [0.717, 1.165) is 22.5 Å². The molecule has 5 heteroatoms. The summed E-state index contributed by atoms with van der Waals surface area (Å²) in [6, 6.07) is 11.3. The minimum absolute atomic E-state index is 0.208. The second-order valence-corrected chi connectivity index (χ2v) is 5.14. The van der Waals surface area contributed by atoms with Gasteiger partial charge in [0.25, 0.3) is 0 Å². The van der Waals surface area contributed by atoms with Gasteiger partial charge in [-0.1, -0.05) is 18.2 Å². The number of nitrogens with one attached hydrogen (secondary N) is 2. The van der Waals surface area contributed by atoms with Gasteiger partial charge in [0.1, 0.15) is 6.42 Å². The number of pyridine rings is 1. The fraction of sp³-hybridized carbons (Fsp3) is 0.235. The first kappa shape index (κ1) is 15.7. The zero-order chi connectivity index (χ0) is 15.9. The van der Waals surface area contributed by atoms with Crippen LogP contribution >= 0.6 is 0 Å². The minimum atomic E-state index is -0.327. The average Bonchev–Trinajstić information content (AvgIpc) is 2.50. The molecule has 5 nitrogen and oxygen atoms in total. The molecule has 0 atom stereocenters. The lowest BCUT2D eigenvalue weighted by atomic mass is 10.1. The van der Waals surface area contributed by atoms with Crippen LogP contribution in [-0.2, 0) is 16.1 Å². The van der Waals surface area contributed by atoms with Gasteiger partial charge in [-0.05, 0) is 43.2 Å². The highest BCUT2D eigenvalue weighted by Crippen LogP contribution is 2.16. The van der Waals surface area contributed by atoms with Crippen LogP contribution in [0, 0.1) is 13.8 Å². The van der Waals surface area contributed by atoms with Crippen molar-refractivity contribution in [3.05, 3.63) is 59.4 Å². The van der Waals surface area contributed by atoms with Crippen molar-refractivity contribution in [3.8, 4) is 0 Å². The second kappa shape index (κ2) is 7.36. The Hall–Kier alpha value is -2.69. The van der Waals surface area contributed by atoms with Crippen LogP contribution in [0.1, 0.15) is 23.2 Å². The fourth-order valence-electron chi connectivity index (χ4n) is 1.97. The van der Waals surface area contributed by atoms with Crippen LogP contribution in [0.15, 0.2) is 42.6 Å². The standard InChI is InChI=1S/C17H19N3O2/c1-12-6-7-13(2)15(9-12)20-17(22)10-16(21)19-11-14-5-3-4-8-18-14/h3-9H,10-11H2,1-2H3,(H,19,21)(H,20,22). The van der Waals surface area contributed by atoms with Gasteiger partial charge < -0.3 is 10.6 Å². The molecular weight excluding hydrogens is 278 g/mol. The molecule has 2 amide bonds. The van der Waals surface area contributed by atoms with Crippen LogP contribution in [0.5, 0.6) is 0 Å². The van der Waals surface area contributed by atoms with Gasteiger partial charge in [0, 0.05) is 11.9 Å². The van der Waals surface area contributed by atoms with E-state index in [1.165, 1.54) is 0 Å². The normalized spacial score (nSPS) is 10.1. The third-order valence-corrected chi connectivity index (χ3v) is 3.18. The van der Waals surface area contributed by atoms with E-state index in [-0.39, 0.29) is 18.2 Å². The molecule has 0 radical (unpaired) electrons. The molecule has 0 aliphatic heterocycles. The number of amides is 2. The average molecular weight is 297 g/mol. The molecule has 0 fully saturated rings. The van der Waals surface area contributed by atoms with Crippen molar-refractivity contribution in [2.45, 2.75) is 26.8 Å². The fourth-order valence-corrected chi connectivity index (χ4v) is 1.97. The van der Waals surface area contributed by atoms with Crippen LogP contribution in [0.2, 0.25) is 0 Å². The number of nitrogens with zero attached hydrogens (tertiary/aromatic N) is 1. The predicted molar refractivity (Wildman–Crippen MR) is 85.2 cm³/mol. The van der Waals surface area contributed by atoms with E-state index in [1.807, 2.05) is 50.2 Å². The summed E-state index contributed by atoms with van der Waals surface area (Å²) in [5, 5.41) is 5.44. The Balaban J connectivity index is 1.84. The molecule has 1 aromatic carbocycles. The maximum Gasteiger partial charge on any atom is 0.233 e. The number of carbonyl (C=O) groups is 2. The highest BCUT2D eigenvalue weighted by atomic mass is 16.2. The van der Waals surface area contributed by atoms with Crippen molar-refractivity contribution in [2.75, 3.05) is 5.32 Å². The molecule has 2 aromatic rings. The van der Waals surface area contributed by atoms with Crippen molar-refractivity contribution in [3.63, 3.8) is 0 Å². The van der Waals surface area contributed by atoms with Crippen molar-refractivity contribution >= 4 is 17.5 Å². The van der Waals surface area contributed by atoms with E-state index in [2.05, 4.69) is 15.6 Å². The van der Waals surface area contributed by atoms with E-state index in [4.69, 9.17) is 0 Å². The molecular formula is C17H19N3O2. The zero-order valence-electron chi connectivity index (χ0n) is 12.7. The summed E-state index contributed by atoms with van der Waals surface area (Å²) in [6.07, 6.45) is 1.45. The number of rotatable bonds is 5. The molecule has 1 aromatic heterocycles. The Morgan fingerprint density at radius 2 is 1.91 bits per heavy atom. The van der Waals surface area contributed by atoms with Crippen LogP contribution in [0.25, 0.3) is 0 Å². The molecule has 0 bridgehead atoms. The molecule has 2 rings (SSSR count). The maximum atomic E-state index is 11.9. The number of hydrogen-bond donors (Lipinski definition) is 2. The molecule has 0 unspecified atom stereocenters. The molecule has 0 saturated heterocycles. The van der Waals surface area contributed by atoms with Gasteiger partial charge in [0.15, 0.2) is 0 Å². The van der Waals surface area contributed by atoms with Gasteiger partial charge in [0.05, 0.1) is 12.2 Å². The largest absolute Gasteiger partial charge is 0.350 e. The van der Waals surface area contributed by atoms with Gasteiger partial charge in [-0.25, -0.2) is 0 Å². The number of anilines is 1. The Bertz CT molecular complexity index is 669. The first-order valence-electron chi connectivity index (χ1n) is 7.08. The highest BCUT2D eigenvalue weighted by Gasteiger charge is 2.10. The van der Waals surface area contributed by atoms with Crippen molar-refractivity contribution < 1.29 is 9.59 Å². The first-order valence-corrected chi connectivity index (χ1v) is 7.08. The van der Waals surface area contributed by atoms with Gasteiger partial charge in [-0.2, -0.15) is 0 Å². The number of carbonyl (C=O) groups excluding carboxylic acids is 2. The predicted octanol–water partition coefficient (Wildman–Crippen LogP) is 2.34. The number of benzene rings is 1. The lowest BCUT2D eigenvalue weighted by Crippen LogP contribution is -2.28. The van der Waals surface area contributed by atoms with Gasteiger partial charge in [0.2, 0.25) is 11.8 Å². The highest BCUT2D eigenvalue weighted by molar-refractivity contribution is 6.03. The third-order valence-electron chi connectivity index (χ3n) is 3.18. The van der Waals surface area contributed by atoms with Gasteiger partial charge in [-0.3, -0.25) is 14.6 Å². The Labute approximate surface area is 129 Å². The molecule has 22 heavy (non-hydrogen) atoms. The van der Waals surface area contributed by atoms with E-state index < -0.39 is 0 Å². The third kappa shape index (κ3) is 4.70. The van der Waals surface area contributed by atoms with E-state index in [0.29, 0.717) is 6.54 Å². The molecule has 0 aliphatic carbocycles. The summed E-state index contributed by atoms with van der Waals surface area (Å²) in [5.41, 5.74) is 3.52. The number of aryl methyl sites for hydroxylation is 2. The van der Waals surface area contributed by atoms with Crippen molar-refractivity contribution in [1.82, 2.24) is 10.3 Å².